The van der Waals surface area contributed by atoms with E-state index >= 15 is 0 Å². The van der Waals surface area contributed by atoms with Crippen molar-refractivity contribution in [2.75, 3.05) is 23.3 Å². The number of hydrogen-bond donors (Lipinski definition) is 2. The lowest BCUT2D eigenvalue weighted by atomic mass is 9.87. The maximum absolute atomic E-state index is 12.1. The SMILES string of the molecule is CC(C)(C)C(N)C(=O)Nc1ccc(N2CCCCC2)cc1. The van der Waals surface area contributed by atoms with Crippen LogP contribution in [0.1, 0.15) is 40.0 Å². The Bertz CT molecular complexity index is 470. The standard InChI is InChI=1S/C17H27N3O/c1-17(2,3)15(18)16(21)19-13-7-9-14(10-8-13)20-11-5-4-6-12-20/h7-10,15H,4-6,11-12,18H2,1-3H3,(H,19,21). The van der Waals surface area contributed by atoms with Crippen molar-refractivity contribution >= 4 is 17.3 Å². The molecule has 1 aromatic rings. The third-order valence-electron chi connectivity index (χ3n) is 4.07. The van der Waals surface area contributed by atoms with Crippen molar-refractivity contribution < 1.29 is 4.79 Å². The fourth-order valence-electron chi connectivity index (χ4n) is 2.52. The van der Waals surface area contributed by atoms with Crippen molar-refractivity contribution in [3.63, 3.8) is 0 Å². The smallest absolute Gasteiger partial charge is 0.241 e. The van der Waals surface area contributed by atoms with Crippen LogP contribution in [0.15, 0.2) is 24.3 Å². The largest absolute Gasteiger partial charge is 0.372 e. The molecule has 1 aliphatic rings. The van der Waals surface area contributed by atoms with E-state index in [4.69, 9.17) is 5.73 Å². The summed E-state index contributed by atoms with van der Waals surface area (Å²) in [4.78, 5) is 14.5. The van der Waals surface area contributed by atoms with Gasteiger partial charge in [-0.3, -0.25) is 4.79 Å². The van der Waals surface area contributed by atoms with Gasteiger partial charge in [-0.15, -0.1) is 0 Å². The molecule has 1 heterocycles. The van der Waals surface area contributed by atoms with E-state index in [1.54, 1.807) is 0 Å². The fourth-order valence-corrected chi connectivity index (χ4v) is 2.52. The van der Waals surface area contributed by atoms with E-state index in [0.717, 1.165) is 18.8 Å². The van der Waals surface area contributed by atoms with Gasteiger partial charge in [-0.1, -0.05) is 20.8 Å². The Hall–Kier alpha value is -1.55. The van der Waals surface area contributed by atoms with Crippen molar-refractivity contribution in [2.24, 2.45) is 11.1 Å². The molecule has 1 fully saturated rings. The highest BCUT2D eigenvalue weighted by Crippen LogP contribution is 2.23. The predicted molar refractivity (Wildman–Crippen MR) is 88.6 cm³/mol. The Kier molecular flexibility index (Phi) is 4.88. The quantitative estimate of drug-likeness (QED) is 0.899. The van der Waals surface area contributed by atoms with Crippen molar-refractivity contribution in [3.8, 4) is 0 Å². The lowest BCUT2D eigenvalue weighted by molar-refractivity contribution is -0.119. The zero-order chi connectivity index (χ0) is 15.5. The monoisotopic (exact) mass is 289 g/mol. The molecule has 1 atom stereocenters. The summed E-state index contributed by atoms with van der Waals surface area (Å²) < 4.78 is 0. The van der Waals surface area contributed by atoms with Crippen molar-refractivity contribution in [1.82, 2.24) is 0 Å². The zero-order valence-electron chi connectivity index (χ0n) is 13.4. The molecule has 0 bridgehead atoms. The highest BCUT2D eigenvalue weighted by Gasteiger charge is 2.27. The first-order valence-electron chi connectivity index (χ1n) is 7.79. The van der Waals surface area contributed by atoms with Gasteiger partial charge < -0.3 is 16.0 Å². The highest BCUT2D eigenvalue weighted by atomic mass is 16.2. The van der Waals surface area contributed by atoms with Gasteiger partial charge in [0.15, 0.2) is 0 Å². The summed E-state index contributed by atoms with van der Waals surface area (Å²) in [6.07, 6.45) is 3.85. The van der Waals surface area contributed by atoms with Gasteiger partial charge in [-0.05, 0) is 48.9 Å². The summed E-state index contributed by atoms with van der Waals surface area (Å²) in [5, 5.41) is 2.90. The molecule has 116 valence electrons. The van der Waals surface area contributed by atoms with Crippen molar-refractivity contribution in [2.45, 2.75) is 46.1 Å². The molecular weight excluding hydrogens is 262 g/mol. The lowest BCUT2D eigenvalue weighted by Gasteiger charge is -2.29. The normalized spacial score (nSPS) is 17.4. The number of nitrogens with two attached hydrogens (primary N) is 1. The van der Waals surface area contributed by atoms with Crippen molar-refractivity contribution in [3.05, 3.63) is 24.3 Å². The van der Waals surface area contributed by atoms with Gasteiger partial charge in [0.05, 0.1) is 6.04 Å². The summed E-state index contributed by atoms with van der Waals surface area (Å²) in [6, 6.07) is 7.54. The summed E-state index contributed by atoms with van der Waals surface area (Å²) in [5.74, 6) is -0.131. The molecule has 1 saturated heterocycles. The lowest BCUT2D eigenvalue weighted by Crippen LogP contribution is -2.45. The molecule has 4 heteroatoms. The van der Waals surface area contributed by atoms with E-state index in [2.05, 4.69) is 22.3 Å². The molecule has 4 nitrogen and oxygen atoms in total. The Balaban J connectivity index is 1.97. The molecule has 21 heavy (non-hydrogen) atoms. The van der Waals surface area contributed by atoms with Crippen molar-refractivity contribution in [1.29, 1.82) is 0 Å². The Morgan fingerprint density at radius 2 is 1.71 bits per heavy atom. The first kappa shape index (κ1) is 15.8. The van der Waals surface area contributed by atoms with E-state index in [1.807, 2.05) is 32.9 Å². The number of nitrogens with zero attached hydrogens (tertiary/aromatic N) is 1. The second-order valence-electron chi connectivity index (χ2n) is 6.93. The number of rotatable bonds is 3. The molecule has 0 aliphatic carbocycles. The Labute approximate surface area is 127 Å². The number of amides is 1. The first-order chi connectivity index (χ1) is 9.88. The Morgan fingerprint density at radius 3 is 2.24 bits per heavy atom. The summed E-state index contributed by atoms with van der Waals surface area (Å²) in [7, 11) is 0. The van der Waals surface area contributed by atoms with Gasteiger partial charge >= 0.3 is 0 Å². The van der Waals surface area contributed by atoms with Crippen LogP contribution in [0.2, 0.25) is 0 Å². The maximum atomic E-state index is 12.1. The van der Waals surface area contributed by atoms with E-state index in [1.165, 1.54) is 24.9 Å². The van der Waals surface area contributed by atoms with Crippen LogP contribution in [-0.2, 0) is 4.79 Å². The molecule has 0 radical (unpaired) electrons. The molecule has 0 spiro atoms. The number of nitrogens with one attached hydrogen (secondary N) is 1. The van der Waals surface area contributed by atoms with E-state index in [0.29, 0.717) is 0 Å². The number of carbonyl (C=O) groups is 1. The molecule has 1 aromatic carbocycles. The fraction of sp³-hybridized carbons (Fsp3) is 0.588. The summed E-state index contributed by atoms with van der Waals surface area (Å²) in [6.45, 7) is 8.16. The molecular formula is C17H27N3O. The van der Waals surface area contributed by atoms with Gasteiger partial charge in [-0.25, -0.2) is 0 Å². The number of carbonyl (C=O) groups excluding carboxylic acids is 1. The van der Waals surface area contributed by atoms with Crippen LogP contribution in [0.3, 0.4) is 0 Å². The molecule has 3 N–H and O–H groups in total. The Morgan fingerprint density at radius 1 is 1.14 bits per heavy atom. The number of piperidine rings is 1. The third kappa shape index (κ3) is 4.21. The summed E-state index contributed by atoms with van der Waals surface area (Å²) >= 11 is 0. The number of benzene rings is 1. The van der Waals surface area contributed by atoms with Gasteiger partial charge in [0, 0.05) is 24.5 Å². The van der Waals surface area contributed by atoms with E-state index in [9.17, 15) is 4.79 Å². The zero-order valence-corrected chi connectivity index (χ0v) is 13.4. The van der Waals surface area contributed by atoms with Crippen LogP contribution >= 0.6 is 0 Å². The summed E-state index contributed by atoms with van der Waals surface area (Å²) in [5.41, 5.74) is 7.77. The van der Waals surface area contributed by atoms with Crippen LogP contribution in [-0.4, -0.2) is 25.0 Å². The second-order valence-corrected chi connectivity index (χ2v) is 6.93. The predicted octanol–water partition coefficient (Wildman–Crippen LogP) is 2.99. The van der Waals surface area contributed by atoms with Crippen LogP contribution in [0.25, 0.3) is 0 Å². The molecule has 1 unspecified atom stereocenters. The van der Waals surface area contributed by atoms with E-state index in [-0.39, 0.29) is 11.3 Å². The van der Waals surface area contributed by atoms with Crippen LogP contribution in [0.4, 0.5) is 11.4 Å². The third-order valence-corrected chi connectivity index (χ3v) is 4.07. The highest BCUT2D eigenvalue weighted by molar-refractivity contribution is 5.95. The molecule has 1 aliphatic heterocycles. The molecule has 2 rings (SSSR count). The van der Waals surface area contributed by atoms with E-state index < -0.39 is 6.04 Å². The molecule has 0 saturated carbocycles. The minimum atomic E-state index is -0.515. The van der Waals surface area contributed by atoms with Crippen LogP contribution in [0.5, 0.6) is 0 Å². The van der Waals surface area contributed by atoms with Gasteiger partial charge in [0.2, 0.25) is 5.91 Å². The van der Waals surface area contributed by atoms with Gasteiger partial charge in [0.25, 0.3) is 0 Å². The second kappa shape index (κ2) is 6.48. The van der Waals surface area contributed by atoms with Crippen LogP contribution < -0.4 is 16.0 Å². The van der Waals surface area contributed by atoms with Gasteiger partial charge in [0.1, 0.15) is 0 Å². The number of anilines is 2. The molecule has 1 amide bonds. The minimum Gasteiger partial charge on any atom is -0.372 e. The number of hydrogen-bond acceptors (Lipinski definition) is 3. The average molecular weight is 289 g/mol. The maximum Gasteiger partial charge on any atom is 0.241 e. The average Bonchev–Trinajstić information content (AvgIpc) is 2.47. The molecule has 0 aromatic heterocycles. The topological polar surface area (TPSA) is 58.4 Å². The van der Waals surface area contributed by atoms with Gasteiger partial charge in [-0.2, -0.15) is 0 Å². The first-order valence-corrected chi connectivity index (χ1v) is 7.79. The van der Waals surface area contributed by atoms with Crippen LogP contribution in [0, 0.1) is 5.41 Å². The minimum absolute atomic E-state index is 0.131.